The standard InChI is InChI=1S/C16H15N3O2S/c1-11-13(10-18-19(11)2)16(20)21-14(15-17-8-9-22-15)12-6-4-3-5-7-12/h3-10,14H,1-2H3. The van der Waals surface area contributed by atoms with E-state index >= 15 is 0 Å². The highest BCUT2D eigenvalue weighted by molar-refractivity contribution is 7.09. The van der Waals surface area contributed by atoms with Crippen molar-refractivity contribution >= 4 is 17.3 Å². The van der Waals surface area contributed by atoms with Crippen LogP contribution in [0, 0.1) is 6.92 Å². The lowest BCUT2D eigenvalue weighted by Gasteiger charge is -2.16. The number of esters is 1. The summed E-state index contributed by atoms with van der Waals surface area (Å²) < 4.78 is 7.37. The van der Waals surface area contributed by atoms with Gasteiger partial charge in [0.1, 0.15) is 10.6 Å². The summed E-state index contributed by atoms with van der Waals surface area (Å²) in [6.07, 6.45) is 2.73. The minimum atomic E-state index is -0.506. The lowest BCUT2D eigenvalue weighted by Crippen LogP contribution is -2.13. The zero-order valence-electron chi connectivity index (χ0n) is 12.3. The number of thiazole rings is 1. The third kappa shape index (κ3) is 2.78. The number of ether oxygens (including phenoxy) is 1. The predicted molar refractivity (Wildman–Crippen MR) is 83.8 cm³/mol. The Hall–Kier alpha value is -2.47. The minimum Gasteiger partial charge on any atom is -0.446 e. The number of nitrogens with zero attached hydrogens (tertiary/aromatic N) is 3. The molecule has 6 heteroatoms. The minimum absolute atomic E-state index is 0.394. The van der Waals surface area contributed by atoms with Gasteiger partial charge in [0.2, 0.25) is 0 Å². The molecule has 0 spiro atoms. The second-order valence-corrected chi connectivity index (χ2v) is 5.76. The molecule has 0 saturated heterocycles. The number of aromatic nitrogens is 3. The van der Waals surface area contributed by atoms with Crippen molar-refractivity contribution in [2.24, 2.45) is 7.05 Å². The fourth-order valence-corrected chi connectivity index (χ4v) is 2.81. The molecule has 1 aromatic carbocycles. The maximum Gasteiger partial charge on any atom is 0.342 e. The Balaban J connectivity index is 1.91. The maximum atomic E-state index is 12.5. The zero-order chi connectivity index (χ0) is 15.5. The van der Waals surface area contributed by atoms with Gasteiger partial charge in [0.15, 0.2) is 6.10 Å². The van der Waals surface area contributed by atoms with Crippen molar-refractivity contribution in [3.63, 3.8) is 0 Å². The molecule has 0 radical (unpaired) electrons. The van der Waals surface area contributed by atoms with Gasteiger partial charge in [0.05, 0.1) is 6.20 Å². The van der Waals surface area contributed by atoms with Gasteiger partial charge in [-0.25, -0.2) is 9.78 Å². The van der Waals surface area contributed by atoms with Gasteiger partial charge in [-0.05, 0) is 12.5 Å². The highest BCUT2D eigenvalue weighted by atomic mass is 32.1. The lowest BCUT2D eigenvalue weighted by molar-refractivity contribution is 0.0376. The van der Waals surface area contributed by atoms with Crippen molar-refractivity contribution in [1.82, 2.24) is 14.8 Å². The monoisotopic (exact) mass is 313 g/mol. The van der Waals surface area contributed by atoms with E-state index in [1.54, 1.807) is 17.9 Å². The van der Waals surface area contributed by atoms with Crippen molar-refractivity contribution in [2.45, 2.75) is 13.0 Å². The second-order valence-electron chi connectivity index (χ2n) is 4.83. The molecule has 112 valence electrons. The van der Waals surface area contributed by atoms with Crippen LogP contribution in [0.15, 0.2) is 48.1 Å². The van der Waals surface area contributed by atoms with E-state index in [1.165, 1.54) is 17.5 Å². The first-order chi connectivity index (χ1) is 10.7. The Bertz CT molecular complexity index is 766. The molecule has 0 fully saturated rings. The fraction of sp³-hybridized carbons (Fsp3) is 0.188. The van der Waals surface area contributed by atoms with E-state index in [1.807, 2.05) is 42.6 Å². The number of benzene rings is 1. The van der Waals surface area contributed by atoms with Gasteiger partial charge in [0, 0.05) is 24.3 Å². The molecule has 0 aliphatic rings. The van der Waals surface area contributed by atoms with Crippen molar-refractivity contribution in [3.05, 3.63) is 69.9 Å². The quantitative estimate of drug-likeness (QED) is 0.694. The van der Waals surface area contributed by atoms with Gasteiger partial charge >= 0.3 is 5.97 Å². The van der Waals surface area contributed by atoms with Crippen molar-refractivity contribution < 1.29 is 9.53 Å². The molecular formula is C16H15N3O2S. The predicted octanol–water partition coefficient (Wildman–Crippen LogP) is 3.13. The zero-order valence-corrected chi connectivity index (χ0v) is 13.1. The summed E-state index contributed by atoms with van der Waals surface area (Å²) in [6, 6.07) is 9.61. The summed E-state index contributed by atoms with van der Waals surface area (Å²) in [7, 11) is 1.79. The molecule has 2 heterocycles. The number of aryl methyl sites for hydroxylation is 1. The van der Waals surface area contributed by atoms with Crippen LogP contribution in [0.4, 0.5) is 0 Å². The fourth-order valence-electron chi connectivity index (χ4n) is 2.12. The van der Waals surface area contributed by atoms with Crippen LogP contribution >= 0.6 is 11.3 Å². The highest BCUT2D eigenvalue weighted by Gasteiger charge is 2.24. The number of hydrogen-bond acceptors (Lipinski definition) is 5. The van der Waals surface area contributed by atoms with E-state index in [0.717, 1.165) is 16.3 Å². The molecule has 0 amide bonds. The average Bonchev–Trinajstić information content (AvgIpc) is 3.17. The van der Waals surface area contributed by atoms with Crippen molar-refractivity contribution in [2.75, 3.05) is 0 Å². The van der Waals surface area contributed by atoms with E-state index in [2.05, 4.69) is 10.1 Å². The smallest absolute Gasteiger partial charge is 0.342 e. The molecule has 0 aliphatic heterocycles. The summed E-state index contributed by atoms with van der Waals surface area (Å²) in [5, 5.41) is 6.70. The molecule has 3 aromatic rings. The molecule has 0 N–H and O–H groups in total. The number of rotatable bonds is 4. The van der Waals surface area contributed by atoms with Crippen LogP contribution < -0.4 is 0 Å². The molecule has 0 bridgehead atoms. The molecule has 2 aromatic heterocycles. The Morgan fingerprint density at radius 2 is 2.09 bits per heavy atom. The molecule has 0 saturated carbocycles. The van der Waals surface area contributed by atoms with Crippen LogP contribution in [-0.4, -0.2) is 20.7 Å². The van der Waals surface area contributed by atoms with Crippen LogP contribution in [0.5, 0.6) is 0 Å². The van der Waals surface area contributed by atoms with Crippen LogP contribution in [-0.2, 0) is 11.8 Å². The van der Waals surface area contributed by atoms with Crippen molar-refractivity contribution in [1.29, 1.82) is 0 Å². The molecule has 5 nitrogen and oxygen atoms in total. The summed E-state index contributed by atoms with van der Waals surface area (Å²) in [6.45, 7) is 1.84. The average molecular weight is 313 g/mol. The summed E-state index contributed by atoms with van der Waals surface area (Å²) in [5.74, 6) is -0.394. The van der Waals surface area contributed by atoms with E-state index in [0.29, 0.717) is 5.56 Å². The molecule has 0 aliphatic carbocycles. The van der Waals surface area contributed by atoms with Gasteiger partial charge in [-0.15, -0.1) is 11.3 Å². The Morgan fingerprint density at radius 1 is 1.32 bits per heavy atom. The van der Waals surface area contributed by atoms with E-state index in [-0.39, 0.29) is 0 Å². The van der Waals surface area contributed by atoms with E-state index < -0.39 is 12.1 Å². The maximum absolute atomic E-state index is 12.5. The number of carbonyl (C=O) groups is 1. The highest BCUT2D eigenvalue weighted by Crippen LogP contribution is 2.28. The van der Waals surface area contributed by atoms with Crippen molar-refractivity contribution in [3.8, 4) is 0 Å². The third-order valence-corrected chi connectivity index (χ3v) is 4.28. The van der Waals surface area contributed by atoms with Crippen LogP contribution in [0.3, 0.4) is 0 Å². The van der Waals surface area contributed by atoms with E-state index in [9.17, 15) is 4.79 Å². The second kappa shape index (κ2) is 6.11. The van der Waals surface area contributed by atoms with Gasteiger partial charge in [-0.2, -0.15) is 5.10 Å². The van der Waals surface area contributed by atoms with Crippen LogP contribution in [0.25, 0.3) is 0 Å². The number of hydrogen-bond donors (Lipinski definition) is 0. The summed E-state index contributed by atoms with van der Waals surface area (Å²) >= 11 is 1.46. The first-order valence-corrected chi connectivity index (χ1v) is 7.68. The summed E-state index contributed by atoms with van der Waals surface area (Å²) in [4.78, 5) is 16.7. The topological polar surface area (TPSA) is 57.0 Å². The van der Waals surface area contributed by atoms with Gasteiger partial charge < -0.3 is 4.74 Å². The molecule has 22 heavy (non-hydrogen) atoms. The first kappa shape index (κ1) is 14.5. The third-order valence-electron chi connectivity index (χ3n) is 3.46. The Morgan fingerprint density at radius 3 is 2.68 bits per heavy atom. The van der Waals surface area contributed by atoms with Gasteiger partial charge in [-0.1, -0.05) is 30.3 Å². The lowest BCUT2D eigenvalue weighted by atomic mass is 10.1. The SMILES string of the molecule is Cc1c(C(=O)OC(c2ccccc2)c2nccs2)cnn1C. The first-order valence-electron chi connectivity index (χ1n) is 6.80. The largest absolute Gasteiger partial charge is 0.446 e. The molecule has 1 atom stereocenters. The van der Waals surface area contributed by atoms with Crippen LogP contribution in [0.2, 0.25) is 0 Å². The molecular weight excluding hydrogens is 298 g/mol. The number of carbonyl (C=O) groups excluding carboxylic acids is 1. The normalized spacial score (nSPS) is 12.1. The summed E-state index contributed by atoms with van der Waals surface area (Å²) in [5.41, 5.74) is 2.14. The van der Waals surface area contributed by atoms with Crippen LogP contribution in [0.1, 0.15) is 32.7 Å². The van der Waals surface area contributed by atoms with Gasteiger partial charge in [-0.3, -0.25) is 4.68 Å². The Labute approximate surface area is 132 Å². The van der Waals surface area contributed by atoms with Gasteiger partial charge in [0.25, 0.3) is 0 Å². The Kier molecular flexibility index (Phi) is 4.02. The molecule has 3 rings (SSSR count). The molecule has 1 unspecified atom stereocenters. The van der Waals surface area contributed by atoms with E-state index in [4.69, 9.17) is 4.74 Å².